The van der Waals surface area contributed by atoms with Crippen LogP contribution in [0.5, 0.6) is 5.75 Å². The van der Waals surface area contributed by atoms with Crippen LogP contribution < -0.4 is 15.8 Å². The number of carbonyl (C=O) groups excluding carboxylic acids is 1. The molecule has 0 atom stereocenters. The summed E-state index contributed by atoms with van der Waals surface area (Å²) in [6.07, 6.45) is 0. The van der Waals surface area contributed by atoms with Gasteiger partial charge in [0.2, 0.25) is 0 Å². The molecule has 0 radical (unpaired) electrons. The zero-order valence-corrected chi connectivity index (χ0v) is 11.3. The number of ether oxygens (including phenoxy) is 1. The third-order valence-corrected chi connectivity index (χ3v) is 2.78. The number of benzene rings is 2. The lowest BCUT2D eigenvalue weighted by Gasteiger charge is -2.13. The van der Waals surface area contributed by atoms with Crippen molar-refractivity contribution in [2.45, 2.75) is 6.92 Å². The number of rotatable bonds is 4. The molecule has 0 aromatic heterocycles. The number of para-hydroxylation sites is 1. The summed E-state index contributed by atoms with van der Waals surface area (Å²) in [7, 11) is 0. The summed E-state index contributed by atoms with van der Waals surface area (Å²) in [6.45, 7) is 2.07. The predicted octanol–water partition coefficient (Wildman–Crippen LogP) is 3.20. The molecule has 110 valence electrons. The molecule has 0 aliphatic rings. The average molecular weight is 292 g/mol. The molecular formula is C15H14F2N2O2. The van der Waals surface area contributed by atoms with E-state index in [1.54, 1.807) is 19.1 Å². The highest BCUT2D eigenvalue weighted by molar-refractivity contribution is 6.07. The van der Waals surface area contributed by atoms with E-state index in [1.165, 1.54) is 18.2 Å². The van der Waals surface area contributed by atoms with Crippen molar-refractivity contribution in [1.29, 1.82) is 0 Å². The van der Waals surface area contributed by atoms with Gasteiger partial charge in [-0.15, -0.1) is 0 Å². The van der Waals surface area contributed by atoms with Crippen molar-refractivity contribution in [3.05, 3.63) is 53.6 Å². The number of amides is 1. The molecule has 3 N–H and O–H groups in total. The quantitative estimate of drug-likeness (QED) is 0.851. The largest absolute Gasteiger partial charge is 0.491 e. The highest BCUT2D eigenvalue weighted by Crippen LogP contribution is 2.27. The molecule has 1 amide bonds. The molecule has 2 aromatic carbocycles. The Bertz CT molecular complexity index is 675. The third kappa shape index (κ3) is 3.10. The zero-order valence-electron chi connectivity index (χ0n) is 11.3. The second-order valence-corrected chi connectivity index (χ2v) is 4.21. The van der Waals surface area contributed by atoms with Crippen molar-refractivity contribution < 1.29 is 18.3 Å². The fourth-order valence-electron chi connectivity index (χ4n) is 1.83. The van der Waals surface area contributed by atoms with E-state index in [4.69, 9.17) is 10.5 Å². The molecule has 0 fully saturated rings. The van der Waals surface area contributed by atoms with Gasteiger partial charge in [0.25, 0.3) is 5.91 Å². The fourth-order valence-corrected chi connectivity index (χ4v) is 1.83. The summed E-state index contributed by atoms with van der Waals surface area (Å²) < 4.78 is 32.0. The first-order valence-corrected chi connectivity index (χ1v) is 6.31. The van der Waals surface area contributed by atoms with Crippen LogP contribution in [0.2, 0.25) is 0 Å². The Morgan fingerprint density at radius 1 is 1.24 bits per heavy atom. The molecule has 21 heavy (non-hydrogen) atoms. The number of hydrogen-bond donors (Lipinski definition) is 2. The van der Waals surface area contributed by atoms with Gasteiger partial charge in [-0.1, -0.05) is 12.1 Å². The summed E-state index contributed by atoms with van der Waals surface area (Å²) in [5.41, 5.74) is 5.96. The van der Waals surface area contributed by atoms with Crippen LogP contribution in [0.4, 0.5) is 20.2 Å². The van der Waals surface area contributed by atoms with Gasteiger partial charge in [0, 0.05) is 0 Å². The number of halogens is 2. The Morgan fingerprint density at radius 2 is 1.95 bits per heavy atom. The Hall–Kier alpha value is -2.63. The second kappa shape index (κ2) is 6.21. The Balaban J connectivity index is 2.33. The highest BCUT2D eigenvalue weighted by Gasteiger charge is 2.17. The summed E-state index contributed by atoms with van der Waals surface area (Å²) >= 11 is 0. The lowest BCUT2D eigenvalue weighted by atomic mass is 10.1. The van der Waals surface area contributed by atoms with Crippen molar-refractivity contribution in [3.8, 4) is 5.75 Å². The van der Waals surface area contributed by atoms with Crippen molar-refractivity contribution in [1.82, 2.24) is 0 Å². The summed E-state index contributed by atoms with van der Waals surface area (Å²) in [6, 6.07) is 8.20. The lowest BCUT2D eigenvalue weighted by molar-refractivity contribution is 0.102. The van der Waals surface area contributed by atoms with E-state index >= 15 is 0 Å². The molecule has 0 unspecified atom stereocenters. The van der Waals surface area contributed by atoms with Gasteiger partial charge in [-0.05, 0) is 31.2 Å². The van der Waals surface area contributed by atoms with Gasteiger partial charge in [0.1, 0.15) is 0 Å². The van der Waals surface area contributed by atoms with Crippen LogP contribution in [0.3, 0.4) is 0 Å². The van der Waals surface area contributed by atoms with Gasteiger partial charge in [-0.25, -0.2) is 8.78 Å². The number of nitrogens with one attached hydrogen (secondary N) is 1. The van der Waals surface area contributed by atoms with Gasteiger partial charge in [-0.2, -0.15) is 0 Å². The van der Waals surface area contributed by atoms with Crippen LogP contribution in [-0.2, 0) is 0 Å². The van der Waals surface area contributed by atoms with E-state index in [0.717, 1.165) is 6.07 Å². The second-order valence-electron chi connectivity index (χ2n) is 4.21. The molecule has 0 heterocycles. The topological polar surface area (TPSA) is 64.3 Å². The number of nitrogen functional groups attached to an aromatic ring is 1. The SMILES string of the molecule is CCOc1c(N)cccc1C(=O)Nc1cccc(F)c1F. The van der Waals surface area contributed by atoms with Crippen LogP contribution in [0, 0.1) is 11.6 Å². The normalized spacial score (nSPS) is 10.2. The Labute approximate surface area is 120 Å². The zero-order chi connectivity index (χ0) is 15.4. The van der Waals surface area contributed by atoms with Gasteiger partial charge in [0.05, 0.1) is 23.5 Å². The van der Waals surface area contributed by atoms with Crippen molar-refractivity contribution in [3.63, 3.8) is 0 Å². The molecule has 2 rings (SSSR count). The van der Waals surface area contributed by atoms with Crippen molar-refractivity contribution in [2.75, 3.05) is 17.7 Å². The minimum absolute atomic E-state index is 0.153. The third-order valence-electron chi connectivity index (χ3n) is 2.78. The van der Waals surface area contributed by atoms with E-state index in [9.17, 15) is 13.6 Å². The maximum Gasteiger partial charge on any atom is 0.259 e. The maximum absolute atomic E-state index is 13.6. The number of anilines is 2. The highest BCUT2D eigenvalue weighted by atomic mass is 19.2. The van der Waals surface area contributed by atoms with Crippen LogP contribution >= 0.6 is 0 Å². The standard InChI is InChI=1S/C15H14F2N2O2/c1-2-21-14-9(5-3-7-11(14)18)15(20)19-12-8-4-6-10(16)13(12)17/h3-8H,2,18H2,1H3,(H,19,20). The molecule has 0 saturated carbocycles. The molecule has 0 aliphatic heterocycles. The lowest BCUT2D eigenvalue weighted by Crippen LogP contribution is -2.15. The van der Waals surface area contributed by atoms with Crippen molar-refractivity contribution in [2.24, 2.45) is 0 Å². The van der Waals surface area contributed by atoms with Gasteiger partial charge in [0.15, 0.2) is 17.4 Å². The number of nitrogens with two attached hydrogens (primary N) is 1. The van der Waals surface area contributed by atoms with Crippen LogP contribution in [0.15, 0.2) is 36.4 Å². The molecule has 0 aliphatic carbocycles. The van der Waals surface area contributed by atoms with Gasteiger partial charge < -0.3 is 15.8 Å². The number of carbonyl (C=O) groups is 1. The summed E-state index contributed by atoms with van der Waals surface area (Å²) in [5, 5.41) is 2.30. The van der Waals surface area contributed by atoms with Gasteiger partial charge >= 0.3 is 0 Å². The predicted molar refractivity (Wildman–Crippen MR) is 76.3 cm³/mol. The molecule has 0 spiro atoms. The minimum Gasteiger partial charge on any atom is -0.491 e. The maximum atomic E-state index is 13.6. The van der Waals surface area contributed by atoms with E-state index in [0.29, 0.717) is 12.3 Å². The average Bonchev–Trinajstić information content (AvgIpc) is 2.46. The fraction of sp³-hybridized carbons (Fsp3) is 0.133. The summed E-state index contributed by atoms with van der Waals surface area (Å²) in [5.74, 6) is -2.57. The minimum atomic E-state index is -1.12. The first-order chi connectivity index (χ1) is 10.0. The Morgan fingerprint density at radius 3 is 2.67 bits per heavy atom. The van der Waals surface area contributed by atoms with E-state index in [-0.39, 0.29) is 17.0 Å². The van der Waals surface area contributed by atoms with Crippen LogP contribution in [0.25, 0.3) is 0 Å². The molecule has 0 bridgehead atoms. The number of hydrogen-bond acceptors (Lipinski definition) is 3. The monoisotopic (exact) mass is 292 g/mol. The van der Waals surface area contributed by atoms with E-state index in [1.807, 2.05) is 0 Å². The van der Waals surface area contributed by atoms with E-state index < -0.39 is 17.5 Å². The first-order valence-electron chi connectivity index (χ1n) is 6.31. The summed E-state index contributed by atoms with van der Waals surface area (Å²) in [4.78, 5) is 12.2. The molecular weight excluding hydrogens is 278 g/mol. The molecule has 6 heteroatoms. The first kappa shape index (κ1) is 14.8. The molecule has 0 saturated heterocycles. The smallest absolute Gasteiger partial charge is 0.259 e. The van der Waals surface area contributed by atoms with E-state index in [2.05, 4.69) is 5.32 Å². The molecule has 2 aromatic rings. The Kier molecular flexibility index (Phi) is 4.37. The van der Waals surface area contributed by atoms with Crippen LogP contribution in [-0.4, -0.2) is 12.5 Å². The van der Waals surface area contributed by atoms with Gasteiger partial charge in [-0.3, -0.25) is 4.79 Å². The van der Waals surface area contributed by atoms with Crippen molar-refractivity contribution >= 4 is 17.3 Å². The van der Waals surface area contributed by atoms with Crippen LogP contribution in [0.1, 0.15) is 17.3 Å². The molecule has 4 nitrogen and oxygen atoms in total.